The molecule has 0 radical (unpaired) electrons. The van der Waals surface area contributed by atoms with Crippen LogP contribution < -0.4 is 0 Å². The average Bonchev–Trinajstić information content (AvgIpc) is 1.65. The number of halogens is 1. The van der Waals surface area contributed by atoms with Gasteiger partial charge in [-0.15, -0.1) is 11.6 Å². The summed E-state index contributed by atoms with van der Waals surface area (Å²) in [6, 6.07) is 0. The van der Waals surface area contributed by atoms with E-state index in [1.54, 1.807) is 0 Å². The van der Waals surface area contributed by atoms with E-state index in [1.807, 2.05) is 0 Å². The number of aliphatic hydroxyl groups is 1. The number of alkyl halides is 1. The zero-order valence-electron chi connectivity index (χ0n) is 3.47. The molecular weight excluding hydrogens is 179 g/mol. The van der Waals surface area contributed by atoms with Gasteiger partial charge in [0.05, 0.1) is 5.88 Å². The Labute approximate surface area is 82.9 Å². The molecule has 2 unspecified atom stereocenters. The molecule has 0 bridgehead atoms. The first kappa shape index (κ1) is 12.4. The fourth-order valence-corrected chi connectivity index (χ4v) is 0.594. The molecule has 0 amide bonds. The second-order valence-corrected chi connectivity index (χ2v) is 2.66. The van der Waals surface area contributed by atoms with E-state index in [-0.39, 0.29) is 43.6 Å². The summed E-state index contributed by atoms with van der Waals surface area (Å²) >= 11 is 4.96. The molecule has 3 nitrogen and oxygen atoms in total. The molecular formula is C2H8CaClO3P. The van der Waals surface area contributed by atoms with E-state index in [2.05, 4.69) is 0 Å². The first-order valence-electron chi connectivity index (χ1n) is 1.65. The number of hydrogen-bond donors (Lipinski definition) is 2. The third-order valence-electron chi connectivity index (χ3n) is 0.431. The monoisotopic (exact) mass is 186 g/mol. The third-order valence-corrected chi connectivity index (χ3v) is 1.76. The van der Waals surface area contributed by atoms with Gasteiger partial charge in [-0.3, -0.25) is 4.57 Å². The van der Waals surface area contributed by atoms with Crippen molar-refractivity contribution in [3.05, 3.63) is 0 Å². The predicted octanol–water partition coefficient (Wildman–Crippen LogP) is -0.906. The van der Waals surface area contributed by atoms with Crippen LogP contribution in [0.25, 0.3) is 0 Å². The normalized spacial score (nSPS) is 16.4. The molecule has 0 aromatic heterocycles. The van der Waals surface area contributed by atoms with Gasteiger partial charge in [0.1, 0.15) is 5.85 Å². The quantitative estimate of drug-likeness (QED) is 0.334. The van der Waals surface area contributed by atoms with Crippen LogP contribution in [-0.2, 0) is 4.57 Å². The Morgan fingerprint density at radius 3 is 2.12 bits per heavy atom. The molecule has 0 fully saturated rings. The zero-order valence-corrected chi connectivity index (χ0v) is 5.22. The van der Waals surface area contributed by atoms with Crippen LogP contribution in [0.5, 0.6) is 0 Å². The van der Waals surface area contributed by atoms with Crippen LogP contribution in [0, 0.1) is 0 Å². The standard InChI is InChI=1S/C2H6ClO3P.Ca.2H/c3-1-2(4)7(5)6;;;/h2,4,7H,1H2,(H,5,6);;;. The van der Waals surface area contributed by atoms with Crippen molar-refractivity contribution in [1.82, 2.24) is 0 Å². The zero-order chi connectivity index (χ0) is 5.86. The molecule has 0 aromatic carbocycles. The van der Waals surface area contributed by atoms with Crippen molar-refractivity contribution in [2.24, 2.45) is 0 Å². The van der Waals surface area contributed by atoms with Gasteiger partial charge < -0.3 is 10.00 Å². The van der Waals surface area contributed by atoms with Crippen molar-refractivity contribution in [3.8, 4) is 0 Å². The average molecular weight is 187 g/mol. The van der Waals surface area contributed by atoms with Gasteiger partial charge in [-0.2, -0.15) is 0 Å². The Kier molecular flexibility index (Phi) is 10.5. The van der Waals surface area contributed by atoms with Gasteiger partial charge in [0.15, 0.2) is 0 Å². The molecule has 0 aliphatic rings. The van der Waals surface area contributed by atoms with Gasteiger partial charge in [-0.25, -0.2) is 0 Å². The van der Waals surface area contributed by atoms with E-state index in [0.717, 1.165) is 0 Å². The molecule has 2 N–H and O–H groups in total. The molecule has 0 spiro atoms. The van der Waals surface area contributed by atoms with E-state index in [4.69, 9.17) is 21.6 Å². The summed E-state index contributed by atoms with van der Waals surface area (Å²) in [7, 11) is -2.79. The number of rotatable bonds is 2. The van der Waals surface area contributed by atoms with Crippen molar-refractivity contribution < 1.29 is 14.6 Å². The first-order chi connectivity index (χ1) is 3.18. The summed E-state index contributed by atoms with van der Waals surface area (Å²) < 4.78 is 9.78. The van der Waals surface area contributed by atoms with Crippen molar-refractivity contribution in [1.29, 1.82) is 0 Å². The van der Waals surface area contributed by atoms with Gasteiger partial charge in [0.2, 0.25) is 8.03 Å². The minimum atomic E-state index is -2.79. The van der Waals surface area contributed by atoms with E-state index >= 15 is 0 Å². The summed E-state index contributed by atoms with van der Waals surface area (Å²) in [5.41, 5.74) is 0. The van der Waals surface area contributed by atoms with Crippen molar-refractivity contribution in [2.75, 3.05) is 5.88 Å². The van der Waals surface area contributed by atoms with Crippen LogP contribution in [-0.4, -0.2) is 59.5 Å². The molecule has 0 heterocycles. The van der Waals surface area contributed by atoms with Gasteiger partial charge in [-0.1, -0.05) is 0 Å². The van der Waals surface area contributed by atoms with Crippen LogP contribution in [0.4, 0.5) is 0 Å². The molecule has 6 heteroatoms. The summed E-state index contributed by atoms with van der Waals surface area (Å²) in [6.07, 6.45) is 0. The van der Waals surface area contributed by atoms with Gasteiger partial charge in [0, 0.05) is 0 Å². The Balaban J connectivity index is 0. The molecule has 2 atom stereocenters. The Morgan fingerprint density at radius 1 is 1.75 bits per heavy atom. The fraction of sp³-hybridized carbons (Fsp3) is 1.00. The number of hydrogen-bond acceptors (Lipinski definition) is 2. The topological polar surface area (TPSA) is 57.5 Å². The minimum absolute atomic E-state index is 0. The van der Waals surface area contributed by atoms with Crippen molar-refractivity contribution in [3.63, 3.8) is 0 Å². The Bertz CT molecular complexity index is 79.7. The number of aliphatic hydroxyl groups excluding tert-OH is 1. The second-order valence-electron chi connectivity index (χ2n) is 1.01. The van der Waals surface area contributed by atoms with Crippen LogP contribution >= 0.6 is 19.6 Å². The second kappa shape index (κ2) is 6.81. The van der Waals surface area contributed by atoms with Gasteiger partial charge in [0.25, 0.3) is 0 Å². The third kappa shape index (κ3) is 5.83. The van der Waals surface area contributed by atoms with E-state index in [0.29, 0.717) is 0 Å². The van der Waals surface area contributed by atoms with Gasteiger partial charge >= 0.3 is 37.7 Å². The van der Waals surface area contributed by atoms with Crippen LogP contribution in [0.3, 0.4) is 0 Å². The molecule has 0 aromatic rings. The summed E-state index contributed by atoms with van der Waals surface area (Å²) in [5.74, 6) is -1.40. The van der Waals surface area contributed by atoms with E-state index in [9.17, 15) is 4.57 Å². The van der Waals surface area contributed by atoms with Crippen LogP contribution in [0.1, 0.15) is 0 Å². The van der Waals surface area contributed by atoms with Crippen LogP contribution in [0.2, 0.25) is 0 Å². The molecule has 0 saturated heterocycles. The molecule has 0 saturated carbocycles. The maximum absolute atomic E-state index is 9.78. The maximum atomic E-state index is 9.78. The fourth-order valence-electron chi connectivity index (χ4n) is 0.0660. The van der Waals surface area contributed by atoms with E-state index < -0.39 is 13.9 Å². The molecule has 0 aliphatic heterocycles. The van der Waals surface area contributed by atoms with Gasteiger partial charge in [-0.05, 0) is 0 Å². The first-order valence-corrected chi connectivity index (χ1v) is 3.62. The summed E-state index contributed by atoms with van der Waals surface area (Å²) in [5, 5.41) is 8.29. The van der Waals surface area contributed by atoms with Crippen LogP contribution in [0.15, 0.2) is 0 Å². The Hall–Kier alpha value is 1.70. The summed E-state index contributed by atoms with van der Waals surface area (Å²) in [4.78, 5) is 8.03. The predicted molar refractivity (Wildman–Crippen MR) is 36.5 cm³/mol. The van der Waals surface area contributed by atoms with Crippen molar-refractivity contribution >= 4 is 57.4 Å². The Morgan fingerprint density at radius 2 is 2.12 bits per heavy atom. The SMILES string of the molecule is O=[PH](O)C(O)CCl.[CaH2]. The molecule has 0 aliphatic carbocycles. The summed E-state index contributed by atoms with van der Waals surface area (Å²) in [6.45, 7) is 0. The van der Waals surface area contributed by atoms with Crippen molar-refractivity contribution in [2.45, 2.75) is 5.85 Å². The molecule has 0 rings (SSSR count). The van der Waals surface area contributed by atoms with E-state index in [1.165, 1.54) is 0 Å². The molecule has 8 heavy (non-hydrogen) atoms. The molecule has 48 valence electrons.